The fourth-order valence-corrected chi connectivity index (χ4v) is 4.64. The van der Waals surface area contributed by atoms with Gasteiger partial charge in [0, 0.05) is 50.3 Å². The van der Waals surface area contributed by atoms with Gasteiger partial charge in [0.05, 0.1) is 5.56 Å². The van der Waals surface area contributed by atoms with Gasteiger partial charge < -0.3 is 9.80 Å². The maximum Gasteiger partial charge on any atom is 0.350 e. The monoisotopic (exact) mass is 420 g/mol. The standard InChI is InChI=1S/C23H28N6O2/c1-2-9-29-23(31)28-13-8-19(15-20(28)25-29)27-12-6-7-17-14-18(16-24-21(17)27)22(30)26-10-4-3-5-11-26/h8,13-16H,2-7,9-12H2,1H3. The first-order chi connectivity index (χ1) is 15.2. The van der Waals surface area contributed by atoms with Crippen molar-refractivity contribution in [2.24, 2.45) is 0 Å². The molecule has 1 saturated heterocycles. The summed E-state index contributed by atoms with van der Waals surface area (Å²) < 4.78 is 3.10. The highest BCUT2D eigenvalue weighted by Gasteiger charge is 2.24. The van der Waals surface area contributed by atoms with Crippen molar-refractivity contribution in [1.29, 1.82) is 0 Å². The minimum Gasteiger partial charge on any atom is -0.339 e. The van der Waals surface area contributed by atoms with Crippen LogP contribution in [0.3, 0.4) is 0 Å². The molecule has 1 fully saturated rings. The second-order valence-corrected chi connectivity index (χ2v) is 8.43. The van der Waals surface area contributed by atoms with Crippen LogP contribution in [0.5, 0.6) is 0 Å². The molecule has 5 heterocycles. The number of nitrogens with zero attached hydrogens (tertiary/aromatic N) is 6. The number of piperidine rings is 1. The van der Waals surface area contributed by atoms with E-state index in [1.54, 1.807) is 16.8 Å². The lowest BCUT2D eigenvalue weighted by Gasteiger charge is -2.31. The zero-order valence-corrected chi connectivity index (χ0v) is 18.0. The number of carbonyl (C=O) groups excluding carboxylic acids is 1. The van der Waals surface area contributed by atoms with Crippen molar-refractivity contribution < 1.29 is 4.79 Å². The first kappa shape index (κ1) is 19.8. The number of carbonyl (C=O) groups is 1. The van der Waals surface area contributed by atoms with E-state index in [1.807, 2.05) is 30.0 Å². The molecule has 2 aliphatic rings. The van der Waals surface area contributed by atoms with Crippen LogP contribution >= 0.6 is 0 Å². The Bertz CT molecular complexity index is 1170. The van der Waals surface area contributed by atoms with Gasteiger partial charge in [-0.3, -0.25) is 9.20 Å². The molecule has 3 aromatic heterocycles. The summed E-state index contributed by atoms with van der Waals surface area (Å²) in [6.07, 6.45) is 9.62. The second-order valence-electron chi connectivity index (χ2n) is 8.43. The van der Waals surface area contributed by atoms with E-state index in [1.165, 1.54) is 11.1 Å². The van der Waals surface area contributed by atoms with Crippen molar-refractivity contribution in [3.8, 4) is 0 Å². The van der Waals surface area contributed by atoms with Crippen molar-refractivity contribution in [3.63, 3.8) is 0 Å². The quantitative estimate of drug-likeness (QED) is 0.649. The maximum absolute atomic E-state index is 12.9. The Morgan fingerprint density at radius 3 is 2.74 bits per heavy atom. The van der Waals surface area contributed by atoms with Crippen LogP contribution in [0.25, 0.3) is 5.65 Å². The van der Waals surface area contributed by atoms with Crippen LogP contribution in [0.2, 0.25) is 0 Å². The normalized spacial score (nSPS) is 16.5. The molecule has 8 nitrogen and oxygen atoms in total. The topological polar surface area (TPSA) is 75.7 Å². The Morgan fingerprint density at radius 2 is 1.94 bits per heavy atom. The molecule has 31 heavy (non-hydrogen) atoms. The molecule has 0 atom stereocenters. The van der Waals surface area contributed by atoms with Gasteiger partial charge in [-0.1, -0.05) is 6.92 Å². The molecule has 2 aliphatic heterocycles. The van der Waals surface area contributed by atoms with Crippen LogP contribution in [0.4, 0.5) is 11.5 Å². The lowest BCUT2D eigenvalue weighted by molar-refractivity contribution is 0.0724. The third kappa shape index (κ3) is 3.60. The molecule has 0 N–H and O–H groups in total. The van der Waals surface area contributed by atoms with Gasteiger partial charge in [-0.2, -0.15) is 0 Å². The average Bonchev–Trinajstić information content (AvgIpc) is 3.13. The molecule has 3 aromatic rings. The van der Waals surface area contributed by atoms with Crippen molar-refractivity contribution in [1.82, 2.24) is 24.1 Å². The summed E-state index contributed by atoms with van der Waals surface area (Å²) in [5, 5.41) is 4.47. The van der Waals surface area contributed by atoms with Gasteiger partial charge in [0.1, 0.15) is 5.82 Å². The molecule has 0 aliphatic carbocycles. The minimum atomic E-state index is -0.110. The fourth-order valence-electron chi connectivity index (χ4n) is 4.64. The molecule has 0 radical (unpaired) electrons. The Balaban J connectivity index is 1.46. The predicted octanol–water partition coefficient (Wildman–Crippen LogP) is 3.01. The predicted molar refractivity (Wildman–Crippen MR) is 119 cm³/mol. The van der Waals surface area contributed by atoms with E-state index in [0.29, 0.717) is 17.8 Å². The summed E-state index contributed by atoms with van der Waals surface area (Å²) in [4.78, 5) is 34.2. The van der Waals surface area contributed by atoms with Crippen LogP contribution in [-0.2, 0) is 13.0 Å². The summed E-state index contributed by atoms with van der Waals surface area (Å²) in [7, 11) is 0. The van der Waals surface area contributed by atoms with E-state index in [2.05, 4.69) is 10.00 Å². The van der Waals surface area contributed by atoms with Crippen molar-refractivity contribution in [2.75, 3.05) is 24.5 Å². The molecule has 0 aromatic carbocycles. The Labute approximate surface area is 181 Å². The number of pyridine rings is 2. The van der Waals surface area contributed by atoms with Crippen LogP contribution in [0.1, 0.15) is 54.9 Å². The SMILES string of the molecule is CCCn1nc2cc(N3CCCc4cc(C(=O)N5CCCCC5)cnc43)ccn2c1=O. The summed E-state index contributed by atoms with van der Waals surface area (Å²) in [6.45, 7) is 5.16. The van der Waals surface area contributed by atoms with E-state index in [4.69, 9.17) is 4.98 Å². The molecular formula is C23H28N6O2. The average molecular weight is 421 g/mol. The largest absolute Gasteiger partial charge is 0.350 e. The highest BCUT2D eigenvalue weighted by atomic mass is 16.2. The van der Waals surface area contributed by atoms with Gasteiger partial charge in [-0.15, -0.1) is 5.10 Å². The Morgan fingerprint density at radius 1 is 1.10 bits per heavy atom. The minimum absolute atomic E-state index is 0.0920. The summed E-state index contributed by atoms with van der Waals surface area (Å²) in [5.74, 6) is 0.982. The van der Waals surface area contributed by atoms with Crippen LogP contribution < -0.4 is 10.6 Å². The van der Waals surface area contributed by atoms with E-state index in [-0.39, 0.29) is 11.6 Å². The van der Waals surface area contributed by atoms with Gasteiger partial charge in [-0.05, 0) is 56.2 Å². The molecule has 0 unspecified atom stereocenters. The lowest BCUT2D eigenvalue weighted by Crippen LogP contribution is -2.36. The number of hydrogen-bond donors (Lipinski definition) is 0. The molecule has 0 spiro atoms. The number of rotatable bonds is 4. The molecule has 5 rings (SSSR count). The maximum atomic E-state index is 12.9. The first-order valence-electron chi connectivity index (χ1n) is 11.3. The molecule has 0 saturated carbocycles. The van der Waals surface area contributed by atoms with E-state index in [0.717, 1.165) is 68.8 Å². The third-order valence-electron chi connectivity index (χ3n) is 6.23. The van der Waals surface area contributed by atoms with Crippen molar-refractivity contribution >= 4 is 23.1 Å². The van der Waals surface area contributed by atoms with Gasteiger partial charge in [0.25, 0.3) is 5.91 Å². The summed E-state index contributed by atoms with van der Waals surface area (Å²) in [5.41, 5.74) is 3.27. The number of hydrogen-bond acceptors (Lipinski definition) is 5. The van der Waals surface area contributed by atoms with Crippen LogP contribution in [-0.4, -0.2) is 49.6 Å². The van der Waals surface area contributed by atoms with Crippen LogP contribution in [0.15, 0.2) is 35.4 Å². The number of aryl methyl sites for hydroxylation is 2. The zero-order chi connectivity index (χ0) is 21.4. The highest BCUT2D eigenvalue weighted by molar-refractivity contribution is 5.94. The smallest absolute Gasteiger partial charge is 0.339 e. The number of likely N-dealkylation sites (tertiary alicyclic amines) is 1. The second kappa shape index (κ2) is 8.17. The number of amides is 1. The molecule has 8 heteroatoms. The van der Waals surface area contributed by atoms with Gasteiger partial charge >= 0.3 is 5.69 Å². The fraction of sp³-hybridized carbons (Fsp3) is 0.478. The molecule has 1 amide bonds. The molecule has 0 bridgehead atoms. The van der Waals surface area contributed by atoms with Crippen LogP contribution in [0, 0.1) is 0 Å². The van der Waals surface area contributed by atoms with Crippen molar-refractivity contribution in [3.05, 3.63) is 52.2 Å². The van der Waals surface area contributed by atoms with Gasteiger partial charge in [0.2, 0.25) is 0 Å². The van der Waals surface area contributed by atoms with E-state index >= 15 is 0 Å². The molecular weight excluding hydrogens is 392 g/mol. The van der Waals surface area contributed by atoms with Gasteiger partial charge in [-0.25, -0.2) is 14.5 Å². The summed E-state index contributed by atoms with van der Waals surface area (Å²) >= 11 is 0. The Kier molecular flexibility index (Phi) is 5.21. The Hall–Kier alpha value is -3.16. The number of aromatic nitrogens is 4. The van der Waals surface area contributed by atoms with Gasteiger partial charge in [0.15, 0.2) is 5.65 Å². The lowest BCUT2D eigenvalue weighted by atomic mass is 10.0. The van der Waals surface area contributed by atoms with E-state index in [9.17, 15) is 9.59 Å². The third-order valence-corrected chi connectivity index (χ3v) is 6.23. The molecule has 162 valence electrons. The number of fused-ring (bicyclic) bond motifs is 2. The van der Waals surface area contributed by atoms with Crippen molar-refractivity contribution in [2.45, 2.75) is 52.0 Å². The highest BCUT2D eigenvalue weighted by Crippen LogP contribution is 2.32. The number of anilines is 2. The zero-order valence-electron chi connectivity index (χ0n) is 18.0. The summed E-state index contributed by atoms with van der Waals surface area (Å²) in [6, 6.07) is 5.90. The van der Waals surface area contributed by atoms with E-state index < -0.39 is 0 Å². The first-order valence-corrected chi connectivity index (χ1v) is 11.3.